The number of nitrogens with one attached hydrogen (secondary N) is 1. The first-order chi connectivity index (χ1) is 10.8. The van der Waals surface area contributed by atoms with Gasteiger partial charge < -0.3 is 15.0 Å². The first-order valence-corrected chi connectivity index (χ1v) is 8.50. The standard InChI is InChI=1S/C18H26N2O2/c21-18(13-15-8-12-22-14-15)19-9-4-11-20-10-3-6-16-5-1-2-7-17(16)20/h1-2,5,7,15H,3-4,6,8-14H2,(H,19,21)/t15-/m0/s1. The van der Waals surface area contributed by atoms with Crippen molar-refractivity contribution in [3.05, 3.63) is 29.8 Å². The van der Waals surface area contributed by atoms with Gasteiger partial charge in [0.15, 0.2) is 0 Å². The van der Waals surface area contributed by atoms with E-state index in [1.165, 1.54) is 24.1 Å². The number of nitrogens with zero attached hydrogens (tertiary/aromatic N) is 1. The second-order valence-corrected chi connectivity index (χ2v) is 6.36. The topological polar surface area (TPSA) is 41.6 Å². The van der Waals surface area contributed by atoms with Gasteiger partial charge in [-0.3, -0.25) is 4.79 Å². The first kappa shape index (κ1) is 15.3. The summed E-state index contributed by atoms with van der Waals surface area (Å²) in [6.45, 7) is 4.48. The predicted octanol–water partition coefficient (Wildman–Crippen LogP) is 2.37. The molecule has 1 saturated heterocycles. The Bertz CT molecular complexity index is 498. The van der Waals surface area contributed by atoms with Gasteiger partial charge in [0.25, 0.3) is 0 Å². The molecule has 1 aromatic rings. The number of ether oxygens (including phenoxy) is 1. The molecule has 22 heavy (non-hydrogen) atoms. The minimum atomic E-state index is 0.176. The van der Waals surface area contributed by atoms with E-state index in [-0.39, 0.29) is 5.91 Å². The van der Waals surface area contributed by atoms with Crippen LogP contribution in [0.5, 0.6) is 0 Å². The number of carbonyl (C=O) groups is 1. The van der Waals surface area contributed by atoms with E-state index < -0.39 is 0 Å². The van der Waals surface area contributed by atoms with Crippen molar-refractivity contribution in [1.82, 2.24) is 5.32 Å². The fourth-order valence-corrected chi connectivity index (χ4v) is 3.42. The Kier molecular flexibility index (Phi) is 5.33. The Morgan fingerprint density at radius 1 is 1.36 bits per heavy atom. The monoisotopic (exact) mass is 302 g/mol. The van der Waals surface area contributed by atoms with Gasteiger partial charge in [0.1, 0.15) is 0 Å². The lowest BCUT2D eigenvalue weighted by Gasteiger charge is -2.31. The van der Waals surface area contributed by atoms with E-state index >= 15 is 0 Å². The number of rotatable bonds is 6. The number of hydrogen-bond donors (Lipinski definition) is 1. The average molecular weight is 302 g/mol. The zero-order valence-electron chi connectivity index (χ0n) is 13.2. The highest BCUT2D eigenvalue weighted by atomic mass is 16.5. The van der Waals surface area contributed by atoms with E-state index in [1.54, 1.807) is 0 Å². The van der Waals surface area contributed by atoms with Gasteiger partial charge in [-0.1, -0.05) is 18.2 Å². The summed E-state index contributed by atoms with van der Waals surface area (Å²) < 4.78 is 5.31. The summed E-state index contributed by atoms with van der Waals surface area (Å²) in [5.74, 6) is 0.600. The number of fused-ring (bicyclic) bond motifs is 1. The Labute approximate surface area is 132 Å². The quantitative estimate of drug-likeness (QED) is 0.820. The van der Waals surface area contributed by atoms with Gasteiger partial charge in [0, 0.05) is 45.0 Å². The molecule has 0 bridgehead atoms. The molecule has 2 heterocycles. The van der Waals surface area contributed by atoms with Crippen LogP contribution in [0.25, 0.3) is 0 Å². The summed E-state index contributed by atoms with van der Waals surface area (Å²) in [5, 5.41) is 3.05. The highest BCUT2D eigenvalue weighted by molar-refractivity contribution is 5.76. The van der Waals surface area contributed by atoms with Gasteiger partial charge in [-0.15, -0.1) is 0 Å². The molecule has 0 aromatic heterocycles. The van der Waals surface area contributed by atoms with Crippen LogP contribution >= 0.6 is 0 Å². The molecular formula is C18H26N2O2. The van der Waals surface area contributed by atoms with Crippen molar-refractivity contribution in [2.24, 2.45) is 5.92 Å². The molecule has 1 amide bonds. The number of carbonyl (C=O) groups excluding carboxylic acids is 1. The number of benzene rings is 1. The Hall–Kier alpha value is -1.55. The first-order valence-electron chi connectivity index (χ1n) is 8.50. The molecule has 4 heteroatoms. The van der Waals surface area contributed by atoms with E-state index in [1.807, 2.05) is 0 Å². The van der Waals surface area contributed by atoms with Crippen LogP contribution in [-0.2, 0) is 16.0 Å². The molecule has 2 aliphatic heterocycles. The Morgan fingerprint density at radius 2 is 2.27 bits per heavy atom. The molecule has 0 aliphatic carbocycles. The van der Waals surface area contributed by atoms with E-state index in [9.17, 15) is 4.79 Å². The predicted molar refractivity (Wildman–Crippen MR) is 88.1 cm³/mol. The zero-order chi connectivity index (χ0) is 15.2. The van der Waals surface area contributed by atoms with E-state index in [2.05, 4.69) is 34.5 Å². The van der Waals surface area contributed by atoms with Crippen LogP contribution in [0, 0.1) is 5.92 Å². The molecule has 4 nitrogen and oxygen atoms in total. The summed E-state index contributed by atoms with van der Waals surface area (Å²) in [7, 11) is 0. The summed E-state index contributed by atoms with van der Waals surface area (Å²) in [6.07, 6.45) is 5.06. The number of anilines is 1. The minimum Gasteiger partial charge on any atom is -0.381 e. The second-order valence-electron chi connectivity index (χ2n) is 6.36. The van der Waals surface area contributed by atoms with E-state index in [0.29, 0.717) is 12.3 Å². The van der Waals surface area contributed by atoms with Gasteiger partial charge in [0.2, 0.25) is 5.91 Å². The third kappa shape index (κ3) is 4.01. The highest BCUT2D eigenvalue weighted by Gasteiger charge is 2.19. The molecule has 3 rings (SSSR count). The fourth-order valence-electron chi connectivity index (χ4n) is 3.42. The molecule has 1 N–H and O–H groups in total. The third-order valence-corrected chi connectivity index (χ3v) is 4.63. The Morgan fingerprint density at radius 3 is 3.14 bits per heavy atom. The lowest BCUT2D eigenvalue weighted by molar-refractivity contribution is -0.122. The van der Waals surface area contributed by atoms with Crippen LogP contribution in [0.1, 0.15) is 31.2 Å². The molecule has 120 valence electrons. The number of hydrogen-bond acceptors (Lipinski definition) is 3. The number of aryl methyl sites for hydroxylation is 1. The second kappa shape index (κ2) is 7.63. The molecule has 0 saturated carbocycles. The van der Waals surface area contributed by atoms with Gasteiger partial charge in [0.05, 0.1) is 0 Å². The lowest BCUT2D eigenvalue weighted by atomic mass is 10.0. The summed E-state index contributed by atoms with van der Waals surface area (Å²) >= 11 is 0. The van der Waals surface area contributed by atoms with Crippen molar-refractivity contribution in [1.29, 1.82) is 0 Å². The van der Waals surface area contributed by atoms with Crippen molar-refractivity contribution in [3.8, 4) is 0 Å². The fraction of sp³-hybridized carbons (Fsp3) is 0.611. The van der Waals surface area contributed by atoms with Gasteiger partial charge in [-0.05, 0) is 43.2 Å². The average Bonchev–Trinajstić information content (AvgIpc) is 3.04. The van der Waals surface area contributed by atoms with Crippen LogP contribution in [0.15, 0.2) is 24.3 Å². The van der Waals surface area contributed by atoms with Gasteiger partial charge in [-0.25, -0.2) is 0 Å². The lowest BCUT2D eigenvalue weighted by Crippen LogP contribution is -2.33. The molecule has 2 aliphatic rings. The SMILES string of the molecule is O=C(C[C@@H]1CCOC1)NCCCN1CCCc2ccccc21. The van der Waals surface area contributed by atoms with Gasteiger partial charge in [-0.2, -0.15) is 0 Å². The number of amides is 1. The van der Waals surface area contributed by atoms with Crippen LogP contribution in [-0.4, -0.2) is 38.8 Å². The van der Waals surface area contributed by atoms with Crippen molar-refractivity contribution in [2.75, 3.05) is 37.7 Å². The Balaban J connectivity index is 1.37. The minimum absolute atomic E-state index is 0.176. The molecule has 1 atom stereocenters. The smallest absolute Gasteiger partial charge is 0.220 e. The van der Waals surface area contributed by atoms with Gasteiger partial charge >= 0.3 is 0 Å². The zero-order valence-corrected chi connectivity index (χ0v) is 13.2. The van der Waals surface area contributed by atoms with Crippen molar-refractivity contribution in [3.63, 3.8) is 0 Å². The molecule has 0 unspecified atom stereocenters. The molecule has 1 aromatic carbocycles. The molecule has 1 fully saturated rings. The van der Waals surface area contributed by atoms with Crippen LogP contribution in [0.2, 0.25) is 0 Å². The number of para-hydroxylation sites is 1. The maximum absolute atomic E-state index is 11.9. The van der Waals surface area contributed by atoms with Crippen LogP contribution < -0.4 is 10.2 Å². The van der Waals surface area contributed by atoms with Crippen LogP contribution in [0.3, 0.4) is 0 Å². The van der Waals surface area contributed by atoms with Crippen LogP contribution in [0.4, 0.5) is 5.69 Å². The summed E-state index contributed by atoms with van der Waals surface area (Å²) in [4.78, 5) is 14.3. The summed E-state index contributed by atoms with van der Waals surface area (Å²) in [6, 6.07) is 8.68. The van der Waals surface area contributed by atoms with Crippen molar-refractivity contribution in [2.45, 2.75) is 32.1 Å². The molecular weight excluding hydrogens is 276 g/mol. The third-order valence-electron chi connectivity index (χ3n) is 4.63. The highest BCUT2D eigenvalue weighted by Crippen LogP contribution is 2.26. The summed E-state index contributed by atoms with van der Waals surface area (Å²) in [5.41, 5.74) is 2.84. The maximum Gasteiger partial charge on any atom is 0.220 e. The van der Waals surface area contributed by atoms with Crippen molar-refractivity contribution < 1.29 is 9.53 Å². The van der Waals surface area contributed by atoms with E-state index in [0.717, 1.165) is 45.7 Å². The normalized spacial score (nSPS) is 20.7. The van der Waals surface area contributed by atoms with Crippen molar-refractivity contribution >= 4 is 11.6 Å². The largest absolute Gasteiger partial charge is 0.381 e. The molecule has 0 spiro atoms. The maximum atomic E-state index is 11.9. The molecule has 0 radical (unpaired) electrons. The van der Waals surface area contributed by atoms with E-state index in [4.69, 9.17) is 4.74 Å².